The average molecular weight is 399 g/mol. The van der Waals surface area contributed by atoms with Crippen LogP contribution in [0.5, 0.6) is 0 Å². The zero-order chi connectivity index (χ0) is 21.6. The Hall–Kier alpha value is -3.86. The molecule has 150 valence electrons. The van der Waals surface area contributed by atoms with Gasteiger partial charge in [-0.05, 0) is 82.1 Å². The molecule has 0 saturated carbocycles. The molecule has 0 aliphatic rings. The van der Waals surface area contributed by atoms with Crippen molar-refractivity contribution in [3.8, 4) is 33.4 Å². The van der Waals surface area contributed by atoms with Crippen molar-refractivity contribution in [1.82, 2.24) is 0 Å². The molecule has 0 spiro atoms. The lowest BCUT2D eigenvalue weighted by Gasteiger charge is -2.13. The fourth-order valence-corrected chi connectivity index (χ4v) is 3.98. The Morgan fingerprint density at radius 2 is 1.26 bits per heavy atom. The Kier molecular flexibility index (Phi) is 6.13. The van der Waals surface area contributed by atoms with Crippen LogP contribution in [0.25, 0.3) is 39.5 Å². The van der Waals surface area contributed by atoms with Gasteiger partial charge in [0.25, 0.3) is 0 Å². The van der Waals surface area contributed by atoms with Crippen LogP contribution in [0.1, 0.15) is 16.7 Å². The highest BCUT2D eigenvalue weighted by Crippen LogP contribution is 2.33. The van der Waals surface area contributed by atoms with E-state index < -0.39 is 0 Å². The summed E-state index contributed by atoms with van der Waals surface area (Å²) in [5, 5.41) is 0. The van der Waals surface area contributed by atoms with Crippen LogP contribution in [0, 0.1) is 13.8 Å². The van der Waals surface area contributed by atoms with Crippen molar-refractivity contribution in [3.63, 3.8) is 0 Å². The van der Waals surface area contributed by atoms with Crippen molar-refractivity contribution < 1.29 is 0 Å². The van der Waals surface area contributed by atoms with Gasteiger partial charge in [0.15, 0.2) is 0 Å². The van der Waals surface area contributed by atoms with Crippen LogP contribution in [-0.2, 0) is 0 Å². The molecule has 0 aromatic heterocycles. The SMILES string of the molecule is C=C=C/C=C\c1cc(-c2cccc(-c3ccccc3C)c2)ccc1-c1ccccc1C. The Morgan fingerprint density at radius 1 is 0.613 bits per heavy atom. The second-order valence-corrected chi connectivity index (χ2v) is 7.74. The van der Waals surface area contributed by atoms with Gasteiger partial charge in [0.1, 0.15) is 0 Å². The normalized spacial score (nSPS) is 10.8. The molecule has 0 bridgehead atoms. The number of aryl methyl sites for hydroxylation is 2. The van der Waals surface area contributed by atoms with E-state index in [4.69, 9.17) is 0 Å². The topological polar surface area (TPSA) is 0 Å². The first-order valence-corrected chi connectivity index (χ1v) is 10.6. The molecule has 0 heterocycles. The monoisotopic (exact) mass is 398 g/mol. The summed E-state index contributed by atoms with van der Waals surface area (Å²) in [5.41, 5.74) is 14.0. The molecule has 0 unspecified atom stereocenters. The maximum atomic E-state index is 3.67. The lowest BCUT2D eigenvalue weighted by molar-refractivity contribution is 1.45. The zero-order valence-corrected chi connectivity index (χ0v) is 18.1. The summed E-state index contributed by atoms with van der Waals surface area (Å²) in [6, 6.07) is 32.6. The second kappa shape index (κ2) is 9.30. The van der Waals surface area contributed by atoms with Crippen LogP contribution >= 0.6 is 0 Å². The highest BCUT2D eigenvalue weighted by molar-refractivity contribution is 5.83. The molecule has 0 atom stereocenters. The van der Waals surface area contributed by atoms with E-state index in [9.17, 15) is 0 Å². The molecule has 0 amide bonds. The summed E-state index contributed by atoms with van der Waals surface area (Å²) in [7, 11) is 0. The first-order chi connectivity index (χ1) is 15.2. The molecule has 0 aliphatic heterocycles. The third-order valence-electron chi connectivity index (χ3n) is 5.63. The van der Waals surface area contributed by atoms with Crippen molar-refractivity contribution in [3.05, 3.63) is 132 Å². The summed E-state index contributed by atoms with van der Waals surface area (Å²) in [6.07, 6.45) is 5.97. The summed E-state index contributed by atoms with van der Waals surface area (Å²) in [4.78, 5) is 0. The summed E-state index contributed by atoms with van der Waals surface area (Å²) in [5.74, 6) is 0. The highest BCUT2D eigenvalue weighted by atomic mass is 14.1. The van der Waals surface area contributed by atoms with Crippen LogP contribution in [0.4, 0.5) is 0 Å². The molecular weight excluding hydrogens is 372 g/mol. The molecule has 31 heavy (non-hydrogen) atoms. The Balaban J connectivity index is 1.82. The smallest absolute Gasteiger partial charge is 0.0108 e. The molecule has 4 rings (SSSR count). The van der Waals surface area contributed by atoms with Crippen molar-refractivity contribution in [2.75, 3.05) is 0 Å². The first kappa shape index (κ1) is 20.4. The van der Waals surface area contributed by atoms with Crippen LogP contribution < -0.4 is 0 Å². The third kappa shape index (κ3) is 4.51. The van der Waals surface area contributed by atoms with Crippen molar-refractivity contribution in [1.29, 1.82) is 0 Å². The van der Waals surface area contributed by atoms with Crippen molar-refractivity contribution in [2.24, 2.45) is 0 Å². The Morgan fingerprint density at radius 3 is 1.97 bits per heavy atom. The predicted octanol–water partition coefficient (Wildman–Crippen LogP) is 8.66. The minimum absolute atomic E-state index is 1.18. The Bertz CT molecular complexity index is 1300. The lowest BCUT2D eigenvalue weighted by Crippen LogP contribution is -1.89. The van der Waals surface area contributed by atoms with E-state index in [-0.39, 0.29) is 0 Å². The van der Waals surface area contributed by atoms with Gasteiger partial charge in [-0.1, -0.05) is 97.6 Å². The van der Waals surface area contributed by atoms with Crippen LogP contribution in [0.2, 0.25) is 0 Å². The maximum Gasteiger partial charge on any atom is -0.0108 e. The molecule has 0 fully saturated rings. The van der Waals surface area contributed by atoms with Gasteiger partial charge in [-0.25, -0.2) is 0 Å². The molecule has 0 aliphatic carbocycles. The number of hydrogen-bond donors (Lipinski definition) is 0. The van der Waals surface area contributed by atoms with Crippen molar-refractivity contribution >= 4 is 6.08 Å². The van der Waals surface area contributed by atoms with Gasteiger partial charge in [-0.15, -0.1) is 5.73 Å². The molecular formula is C31H26. The van der Waals surface area contributed by atoms with Gasteiger partial charge in [-0.3, -0.25) is 0 Å². The molecule has 0 nitrogen and oxygen atoms in total. The predicted molar refractivity (Wildman–Crippen MR) is 135 cm³/mol. The molecule has 0 heteroatoms. The van der Waals surface area contributed by atoms with Gasteiger partial charge < -0.3 is 0 Å². The number of benzene rings is 4. The van der Waals surface area contributed by atoms with Crippen LogP contribution in [0.3, 0.4) is 0 Å². The quantitative estimate of drug-likeness (QED) is 0.233. The molecule has 4 aromatic carbocycles. The zero-order valence-electron chi connectivity index (χ0n) is 18.1. The summed E-state index contributed by atoms with van der Waals surface area (Å²) >= 11 is 0. The fourth-order valence-electron chi connectivity index (χ4n) is 3.98. The minimum atomic E-state index is 1.18. The van der Waals surface area contributed by atoms with Gasteiger partial charge >= 0.3 is 0 Å². The summed E-state index contributed by atoms with van der Waals surface area (Å²) < 4.78 is 0. The van der Waals surface area contributed by atoms with Gasteiger partial charge in [0, 0.05) is 0 Å². The van der Waals surface area contributed by atoms with E-state index in [0.29, 0.717) is 0 Å². The molecule has 0 saturated heterocycles. The van der Waals surface area contributed by atoms with Gasteiger partial charge in [0.2, 0.25) is 0 Å². The number of rotatable bonds is 5. The first-order valence-electron chi connectivity index (χ1n) is 10.6. The lowest BCUT2D eigenvalue weighted by atomic mass is 9.91. The standard InChI is InChI=1S/C31H26/c1-4-5-6-14-28-22-26(19-20-31(28)30-18-10-8-13-24(30)3)25-15-11-16-27(21-25)29-17-9-7-12-23(29)2/h5-22H,1H2,2-3H3/b14-6-. The fraction of sp³-hybridized carbons (Fsp3) is 0.0645. The number of hydrogen-bond acceptors (Lipinski definition) is 0. The van der Waals surface area contributed by atoms with Crippen molar-refractivity contribution in [2.45, 2.75) is 13.8 Å². The van der Waals surface area contributed by atoms with E-state index in [0.717, 1.165) is 0 Å². The molecule has 0 radical (unpaired) electrons. The largest absolute Gasteiger partial charge is 0.129 e. The summed E-state index contributed by atoms with van der Waals surface area (Å²) in [6.45, 7) is 7.99. The average Bonchev–Trinajstić information content (AvgIpc) is 2.80. The Labute approximate surface area is 185 Å². The minimum Gasteiger partial charge on any atom is -0.129 e. The van der Waals surface area contributed by atoms with E-state index >= 15 is 0 Å². The van der Waals surface area contributed by atoms with Crippen LogP contribution in [0.15, 0.2) is 115 Å². The van der Waals surface area contributed by atoms with E-state index in [1.807, 2.05) is 12.2 Å². The van der Waals surface area contributed by atoms with E-state index in [2.05, 4.69) is 123 Å². The second-order valence-electron chi connectivity index (χ2n) is 7.74. The maximum absolute atomic E-state index is 3.67. The van der Waals surface area contributed by atoms with Gasteiger partial charge in [0.05, 0.1) is 0 Å². The highest BCUT2D eigenvalue weighted by Gasteiger charge is 2.09. The van der Waals surface area contributed by atoms with Crippen LogP contribution in [-0.4, -0.2) is 0 Å². The molecule has 4 aromatic rings. The number of allylic oxidation sites excluding steroid dienone is 2. The third-order valence-corrected chi connectivity index (χ3v) is 5.63. The molecule has 0 N–H and O–H groups in total. The van der Waals surface area contributed by atoms with Gasteiger partial charge in [-0.2, -0.15) is 0 Å². The van der Waals surface area contributed by atoms with E-state index in [1.54, 1.807) is 0 Å². The van der Waals surface area contributed by atoms with E-state index in [1.165, 1.54) is 50.1 Å².